The second kappa shape index (κ2) is 4.54. The minimum absolute atomic E-state index is 0.0405. The topological polar surface area (TPSA) is 37.3 Å². The Labute approximate surface area is 108 Å². The van der Waals surface area contributed by atoms with E-state index in [1.165, 1.54) is 18.2 Å². The standard InChI is InChI=1S/C11H5BrF2O2S/c12-5-1-2-6(13)9(10(5)14)7-3-4-8(17-7)11(15)16/h1-4H,(H,15,16). The molecule has 2 rings (SSSR count). The van der Waals surface area contributed by atoms with Crippen molar-refractivity contribution in [2.24, 2.45) is 0 Å². The van der Waals surface area contributed by atoms with Gasteiger partial charge in [0.2, 0.25) is 0 Å². The van der Waals surface area contributed by atoms with E-state index in [0.29, 0.717) is 0 Å². The normalized spacial score (nSPS) is 10.5. The highest BCUT2D eigenvalue weighted by molar-refractivity contribution is 9.10. The molecule has 88 valence electrons. The summed E-state index contributed by atoms with van der Waals surface area (Å²) in [6.07, 6.45) is 0. The number of carboxylic acid groups (broad SMARTS) is 1. The molecule has 0 saturated carbocycles. The highest BCUT2D eigenvalue weighted by Gasteiger charge is 2.17. The van der Waals surface area contributed by atoms with Gasteiger partial charge in [-0.1, -0.05) is 0 Å². The maximum absolute atomic E-state index is 13.7. The molecule has 0 spiro atoms. The highest BCUT2D eigenvalue weighted by atomic mass is 79.9. The van der Waals surface area contributed by atoms with E-state index < -0.39 is 17.6 Å². The fourth-order valence-electron chi connectivity index (χ4n) is 1.34. The molecule has 0 aliphatic carbocycles. The third kappa shape index (κ3) is 2.23. The SMILES string of the molecule is O=C(O)c1ccc(-c2c(F)ccc(Br)c2F)s1. The molecule has 1 aromatic heterocycles. The van der Waals surface area contributed by atoms with Crippen molar-refractivity contribution >= 4 is 33.2 Å². The summed E-state index contributed by atoms with van der Waals surface area (Å²) in [5, 5.41) is 8.75. The summed E-state index contributed by atoms with van der Waals surface area (Å²) in [6.45, 7) is 0. The molecule has 0 bridgehead atoms. The van der Waals surface area contributed by atoms with Crippen molar-refractivity contribution in [1.82, 2.24) is 0 Å². The minimum atomic E-state index is -1.11. The summed E-state index contributed by atoms with van der Waals surface area (Å²) in [5.74, 6) is -2.56. The van der Waals surface area contributed by atoms with Gasteiger partial charge < -0.3 is 5.11 Å². The van der Waals surface area contributed by atoms with E-state index >= 15 is 0 Å². The summed E-state index contributed by atoms with van der Waals surface area (Å²) in [5.41, 5.74) is -0.211. The molecule has 0 atom stereocenters. The van der Waals surface area contributed by atoms with Crippen molar-refractivity contribution in [1.29, 1.82) is 0 Å². The number of aromatic carboxylic acids is 1. The van der Waals surface area contributed by atoms with Crippen LogP contribution >= 0.6 is 27.3 Å². The Bertz CT molecular complexity index is 595. The van der Waals surface area contributed by atoms with Crippen LogP contribution in [-0.4, -0.2) is 11.1 Å². The van der Waals surface area contributed by atoms with Crippen LogP contribution in [0, 0.1) is 11.6 Å². The van der Waals surface area contributed by atoms with Crippen LogP contribution in [0.5, 0.6) is 0 Å². The number of benzene rings is 1. The molecule has 0 radical (unpaired) electrons. The maximum Gasteiger partial charge on any atom is 0.345 e. The van der Waals surface area contributed by atoms with E-state index in [4.69, 9.17) is 5.11 Å². The Hall–Kier alpha value is -1.27. The average Bonchev–Trinajstić information content (AvgIpc) is 2.73. The highest BCUT2D eigenvalue weighted by Crippen LogP contribution is 2.35. The third-order valence-electron chi connectivity index (χ3n) is 2.11. The predicted octanol–water partition coefficient (Wildman–Crippen LogP) is 4.15. The molecule has 1 N–H and O–H groups in total. The first-order chi connectivity index (χ1) is 8.00. The molecule has 2 nitrogen and oxygen atoms in total. The van der Waals surface area contributed by atoms with Gasteiger partial charge in [-0.3, -0.25) is 0 Å². The molecule has 0 fully saturated rings. The molecule has 0 amide bonds. The smallest absolute Gasteiger partial charge is 0.345 e. The first kappa shape index (κ1) is 12.2. The fraction of sp³-hybridized carbons (Fsp3) is 0. The lowest BCUT2D eigenvalue weighted by atomic mass is 10.1. The number of hydrogen-bond donors (Lipinski definition) is 1. The molecular weight excluding hydrogens is 314 g/mol. The van der Waals surface area contributed by atoms with Crippen LogP contribution in [0.3, 0.4) is 0 Å². The van der Waals surface area contributed by atoms with Gasteiger partial charge in [0.1, 0.15) is 16.5 Å². The number of halogens is 3. The number of rotatable bonds is 2. The summed E-state index contributed by atoms with van der Waals surface area (Å²) in [6, 6.07) is 5.10. The fourth-order valence-corrected chi connectivity index (χ4v) is 2.56. The minimum Gasteiger partial charge on any atom is -0.477 e. The van der Waals surface area contributed by atoms with Crippen molar-refractivity contribution in [3.63, 3.8) is 0 Å². The quantitative estimate of drug-likeness (QED) is 0.844. The lowest BCUT2D eigenvalue weighted by Crippen LogP contribution is -1.90. The van der Waals surface area contributed by atoms with Gasteiger partial charge in [0.05, 0.1) is 10.0 Å². The Morgan fingerprint density at radius 2 is 1.94 bits per heavy atom. The Morgan fingerprint density at radius 3 is 2.53 bits per heavy atom. The zero-order valence-electron chi connectivity index (χ0n) is 8.21. The third-order valence-corrected chi connectivity index (χ3v) is 3.81. The lowest BCUT2D eigenvalue weighted by molar-refractivity contribution is 0.0702. The van der Waals surface area contributed by atoms with Gasteiger partial charge in [-0.25, -0.2) is 13.6 Å². The molecule has 0 unspecified atom stereocenters. The van der Waals surface area contributed by atoms with Crippen molar-refractivity contribution in [3.05, 3.63) is 45.2 Å². The van der Waals surface area contributed by atoms with Gasteiger partial charge in [-0.2, -0.15) is 0 Å². The van der Waals surface area contributed by atoms with Crippen LogP contribution in [0.4, 0.5) is 8.78 Å². The number of carbonyl (C=O) groups is 1. The average molecular weight is 319 g/mol. The van der Waals surface area contributed by atoms with Gasteiger partial charge in [-0.15, -0.1) is 11.3 Å². The van der Waals surface area contributed by atoms with E-state index in [2.05, 4.69) is 15.9 Å². The van der Waals surface area contributed by atoms with Gasteiger partial charge in [0.15, 0.2) is 0 Å². The lowest BCUT2D eigenvalue weighted by Gasteiger charge is -2.03. The van der Waals surface area contributed by atoms with Crippen LogP contribution < -0.4 is 0 Å². The van der Waals surface area contributed by atoms with Crippen LogP contribution in [0.1, 0.15) is 9.67 Å². The van der Waals surface area contributed by atoms with Crippen molar-refractivity contribution < 1.29 is 18.7 Å². The van der Waals surface area contributed by atoms with Crippen molar-refractivity contribution in [2.75, 3.05) is 0 Å². The summed E-state index contributed by atoms with van der Waals surface area (Å²) in [7, 11) is 0. The molecule has 0 aliphatic heterocycles. The number of hydrogen-bond acceptors (Lipinski definition) is 2. The van der Waals surface area contributed by atoms with Crippen molar-refractivity contribution in [3.8, 4) is 10.4 Å². The summed E-state index contributed by atoms with van der Waals surface area (Å²) >= 11 is 3.79. The van der Waals surface area contributed by atoms with Gasteiger partial charge in [-0.05, 0) is 40.2 Å². The van der Waals surface area contributed by atoms with Crippen LogP contribution in [0.25, 0.3) is 10.4 Å². The predicted molar refractivity (Wildman–Crippen MR) is 64.3 cm³/mol. The Morgan fingerprint density at radius 1 is 1.24 bits per heavy atom. The largest absolute Gasteiger partial charge is 0.477 e. The number of carboxylic acids is 1. The van der Waals surface area contributed by atoms with Gasteiger partial charge >= 0.3 is 5.97 Å². The Kier molecular flexibility index (Phi) is 3.26. The molecule has 6 heteroatoms. The van der Waals surface area contributed by atoms with E-state index in [0.717, 1.165) is 17.4 Å². The summed E-state index contributed by atoms with van der Waals surface area (Å²) in [4.78, 5) is 11.0. The molecular formula is C11H5BrF2O2S. The molecule has 0 saturated heterocycles. The monoisotopic (exact) mass is 318 g/mol. The van der Waals surface area contributed by atoms with Crippen LogP contribution in [0.15, 0.2) is 28.7 Å². The zero-order chi connectivity index (χ0) is 12.6. The van der Waals surface area contributed by atoms with Gasteiger partial charge in [0.25, 0.3) is 0 Å². The molecule has 17 heavy (non-hydrogen) atoms. The maximum atomic E-state index is 13.7. The zero-order valence-corrected chi connectivity index (χ0v) is 10.6. The second-order valence-electron chi connectivity index (χ2n) is 3.19. The van der Waals surface area contributed by atoms with Crippen LogP contribution in [-0.2, 0) is 0 Å². The molecule has 1 heterocycles. The van der Waals surface area contributed by atoms with Crippen molar-refractivity contribution in [2.45, 2.75) is 0 Å². The number of thiophene rings is 1. The summed E-state index contributed by atoms with van der Waals surface area (Å²) < 4.78 is 27.4. The van der Waals surface area contributed by atoms with E-state index in [9.17, 15) is 13.6 Å². The first-order valence-electron chi connectivity index (χ1n) is 4.47. The molecule has 1 aromatic carbocycles. The van der Waals surface area contributed by atoms with E-state index in [-0.39, 0.29) is 19.8 Å². The van der Waals surface area contributed by atoms with E-state index in [1.54, 1.807) is 0 Å². The van der Waals surface area contributed by atoms with Crippen LogP contribution in [0.2, 0.25) is 0 Å². The first-order valence-corrected chi connectivity index (χ1v) is 6.08. The molecule has 2 aromatic rings. The van der Waals surface area contributed by atoms with Gasteiger partial charge in [0, 0.05) is 4.88 Å². The Balaban J connectivity index is 2.60. The van der Waals surface area contributed by atoms with E-state index in [1.807, 2.05) is 0 Å². The second-order valence-corrected chi connectivity index (χ2v) is 5.13. The molecule has 0 aliphatic rings.